The van der Waals surface area contributed by atoms with Crippen molar-refractivity contribution in [1.29, 1.82) is 0 Å². The van der Waals surface area contributed by atoms with Crippen molar-refractivity contribution in [2.24, 2.45) is 0 Å². The molecule has 2 rings (SSSR count). The minimum Gasteiger partial charge on any atom is -0.395 e. The Balaban J connectivity index is 2.16. The van der Waals surface area contributed by atoms with Crippen LogP contribution in [0, 0.1) is 0 Å². The summed E-state index contributed by atoms with van der Waals surface area (Å²) in [6.07, 6.45) is 1.44. The molecular formula is C15H17ClN2O3S. The zero-order valence-electron chi connectivity index (χ0n) is 11.9. The molecule has 0 radical (unpaired) electrons. The second-order valence-corrected chi connectivity index (χ2v) is 7.14. The number of nitrogens with zero attached hydrogens (tertiary/aromatic N) is 2. The number of aliphatic hydroxyl groups is 1. The number of hydrogen-bond acceptors (Lipinski definition) is 4. The molecule has 0 fully saturated rings. The summed E-state index contributed by atoms with van der Waals surface area (Å²) in [7, 11) is -3.56. The summed E-state index contributed by atoms with van der Waals surface area (Å²) in [5.74, 6) is -0.177. The zero-order valence-corrected chi connectivity index (χ0v) is 13.5. The third-order valence-corrected chi connectivity index (χ3v) is 5.10. The molecule has 118 valence electrons. The molecule has 0 bridgehead atoms. The van der Waals surface area contributed by atoms with Crippen molar-refractivity contribution in [3.63, 3.8) is 0 Å². The van der Waals surface area contributed by atoms with Gasteiger partial charge >= 0.3 is 0 Å². The molecule has 22 heavy (non-hydrogen) atoms. The molecule has 1 aromatic heterocycles. The van der Waals surface area contributed by atoms with Gasteiger partial charge in [0.25, 0.3) is 0 Å². The number of benzene rings is 1. The maximum atomic E-state index is 12.5. The minimum atomic E-state index is -3.56. The van der Waals surface area contributed by atoms with Crippen LogP contribution < -0.4 is 0 Å². The van der Waals surface area contributed by atoms with Crippen LogP contribution in [0.5, 0.6) is 0 Å². The molecule has 1 aromatic carbocycles. The van der Waals surface area contributed by atoms with Crippen LogP contribution in [0.3, 0.4) is 0 Å². The Hall–Kier alpha value is -1.47. The van der Waals surface area contributed by atoms with Crippen LogP contribution in [-0.4, -0.2) is 36.0 Å². The molecule has 1 heterocycles. The molecule has 0 amide bonds. The van der Waals surface area contributed by atoms with Crippen LogP contribution in [-0.2, 0) is 22.3 Å². The second-order valence-electron chi connectivity index (χ2n) is 4.79. The van der Waals surface area contributed by atoms with E-state index >= 15 is 0 Å². The molecule has 7 heteroatoms. The van der Waals surface area contributed by atoms with Gasteiger partial charge in [0.1, 0.15) is 5.15 Å². The van der Waals surface area contributed by atoms with Gasteiger partial charge < -0.3 is 5.11 Å². The van der Waals surface area contributed by atoms with Crippen molar-refractivity contribution in [3.8, 4) is 0 Å². The Kier molecular flexibility index (Phi) is 5.90. The van der Waals surface area contributed by atoms with Crippen molar-refractivity contribution in [3.05, 3.63) is 64.9 Å². The Bertz CT molecular complexity index is 690. The molecular weight excluding hydrogens is 324 g/mol. The molecule has 0 unspecified atom stereocenters. The maximum Gasteiger partial charge on any atom is 0.218 e. The first-order valence-electron chi connectivity index (χ1n) is 6.74. The van der Waals surface area contributed by atoms with Gasteiger partial charge in [0, 0.05) is 19.3 Å². The standard InChI is InChI=1S/C15H17ClN2O3S/c16-15-7-6-14(10-17-15)12-22(20,21)18(8-9-19)11-13-4-2-1-3-5-13/h1-7,10,19H,8-9,11-12H2. The highest BCUT2D eigenvalue weighted by molar-refractivity contribution is 7.88. The molecule has 5 nitrogen and oxygen atoms in total. The Morgan fingerprint density at radius 3 is 2.41 bits per heavy atom. The zero-order chi connectivity index (χ0) is 16.0. The Morgan fingerprint density at radius 1 is 1.09 bits per heavy atom. The lowest BCUT2D eigenvalue weighted by Crippen LogP contribution is -2.34. The maximum absolute atomic E-state index is 12.5. The van der Waals surface area contributed by atoms with E-state index in [1.54, 1.807) is 12.1 Å². The number of aliphatic hydroxyl groups excluding tert-OH is 1. The number of pyridine rings is 1. The van der Waals surface area contributed by atoms with Crippen molar-refractivity contribution in [1.82, 2.24) is 9.29 Å². The van der Waals surface area contributed by atoms with Gasteiger partial charge in [-0.15, -0.1) is 0 Å². The van der Waals surface area contributed by atoms with Crippen molar-refractivity contribution in [2.45, 2.75) is 12.3 Å². The lowest BCUT2D eigenvalue weighted by atomic mass is 10.2. The molecule has 2 aromatic rings. The molecule has 0 saturated carbocycles. The summed E-state index contributed by atoms with van der Waals surface area (Å²) >= 11 is 5.70. The SMILES string of the molecule is O=S(=O)(Cc1ccc(Cl)nc1)N(CCO)Cc1ccccc1. The number of halogens is 1. The van der Waals surface area contributed by atoms with Crippen LogP contribution in [0.4, 0.5) is 0 Å². The van der Waals surface area contributed by atoms with Gasteiger partial charge in [-0.1, -0.05) is 48.0 Å². The summed E-state index contributed by atoms with van der Waals surface area (Å²) in [6.45, 7) is 0.0495. The quantitative estimate of drug-likeness (QED) is 0.783. The van der Waals surface area contributed by atoms with Gasteiger partial charge in [-0.25, -0.2) is 13.4 Å². The lowest BCUT2D eigenvalue weighted by molar-refractivity contribution is 0.251. The van der Waals surface area contributed by atoms with Crippen LogP contribution in [0.25, 0.3) is 0 Å². The Labute approximate surface area is 135 Å². The van der Waals surface area contributed by atoms with Crippen LogP contribution >= 0.6 is 11.6 Å². The topological polar surface area (TPSA) is 70.5 Å². The highest BCUT2D eigenvalue weighted by atomic mass is 35.5. The van der Waals surface area contributed by atoms with E-state index in [1.807, 2.05) is 30.3 Å². The van der Waals surface area contributed by atoms with Crippen LogP contribution in [0.2, 0.25) is 5.15 Å². The van der Waals surface area contributed by atoms with E-state index in [0.717, 1.165) is 5.56 Å². The number of sulfonamides is 1. The van der Waals surface area contributed by atoms with Crippen molar-refractivity contribution < 1.29 is 13.5 Å². The number of aromatic nitrogens is 1. The van der Waals surface area contributed by atoms with E-state index in [2.05, 4.69) is 4.98 Å². The molecule has 0 saturated heterocycles. The van der Waals surface area contributed by atoms with Crippen LogP contribution in [0.15, 0.2) is 48.7 Å². The van der Waals surface area contributed by atoms with E-state index < -0.39 is 10.0 Å². The van der Waals surface area contributed by atoms with Gasteiger partial charge in [-0.05, 0) is 17.2 Å². The van der Waals surface area contributed by atoms with E-state index in [-0.39, 0.29) is 25.4 Å². The number of rotatable bonds is 7. The van der Waals surface area contributed by atoms with E-state index in [0.29, 0.717) is 10.7 Å². The number of hydrogen-bond donors (Lipinski definition) is 1. The minimum absolute atomic E-state index is 0.0538. The van der Waals surface area contributed by atoms with Gasteiger partial charge in [0.15, 0.2) is 0 Å². The third-order valence-electron chi connectivity index (χ3n) is 3.08. The first-order valence-corrected chi connectivity index (χ1v) is 8.73. The van der Waals surface area contributed by atoms with E-state index in [9.17, 15) is 8.42 Å². The molecule has 0 spiro atoms. The monoisotopic (exact) mass is 340 g/mol. The summed E-state index contributed by atoms with van der Waals surface area (Å²) in [6, 6.07) is 12.5. The summed E-state index contributed by atoms with van der Waals surface area (Å²) in [4.78, 5) is 3.89. The summed E-state index contributed by atoms with van der Waals surface area (Å²) < 4.78 is 26.3. The fourth-order valence-corrected chi connectivity index (χ4v) is 3.60. The van der Waals surface area contributed by atoms with E-state index in [1.165, 1.54) is 10.5 Å². The highest BCUT2D eigenvalue weighted by Crippen LogP contribution is 2.15. The third kappa shape index (κ3) is 4.78. The summed E-state index contributed by atoms with van der Waals surface area (Å²) in [5.41, 5.74) is 1.43. The predicted molar refractivity (Wildman–Crippen MR) is 85.8 cm³/mol. The second kappa shape index (κ2) is 7.69. The summed E-state index contributed by atoms with van der Waals surface area (Å²) in [5, 5.41) is 9.46. The average Bonchev–Trinajstić information content (AvgIpc) is 2.50. The van der Waals surface area contributed by atoms with Crippen molar-refractivity contribution in [2.75, 3.05) is 13.2 Å². The van der Waals surface area contributed by atoms with Gasteiger partial charge in [-0.3, -0.25) is 0 Å². The molecule has 0 aliphatic carbocycles. The van der Waals surface area contributed by atoms with Gasteiger partial charge in [0.05, 0.1) is 12.4 Å². The first kappa shape index (κ1) is 16.9. The first-order chi connectivity index (χ1) is 10.5. The molecule has 1 N–H and O–H groups in total. The average molecular weight is 341 g/mol. The molecule has 0 atom stereocenters. The largest absolute Gasteiger partial charge is 0.395 e. The smallest absolute Gasteiger partial charge is 0.218 e. The molecule has 0 aliphatic rings. The van der Waals surface area contributed by atoms with Gasteiger partial charge in [-0.2, -0.15) is 4.31 Å². The lowest BCUT2D eigenvalue weighted by Gasteiger charge is -2.21. The van der Waals surface area contributed by atoms with Crippen LogP contribution in [0.1, 0.15) is 11.1 Å². The predicted octanol–water partition coefficient (Wildman–Crippen LogP) is 2.06. The fraction of sp³-hybridized carbons (Fsp3) is 0.267. The molecule has 0 aliphatic heterocycles. The fourth-order valence-electron chi connectivity index (χ4n) is 2.01. The van der Waals surface area contributed by atoms with Crippen molar-refractivity contribution >= 4 is 21.6 Å². The van der Waals surface area contributed by atoms with E-state index in [4.69, 9.17) is 16.7 Å². The Morgan fingerprint density at radius 2 is 1.82 bits per heavy atom. The normalized spacial score (nSPS) is 11.8. The highest BCUT2D eigenvalue weighted by Gasteiger charge is 2.22. The van der Waals surface area contributed by atoms with Gasteiger partial charge in [0.2, 0.25) is 10.0 Å².